The van der Waals surface area contributed by atoms with E-state index in [9.17, 15) is 0 Å². The molecule has 4 unspecified atom stereocenters. The SMILES string of the molecule is CC1CCC(C(C)C)C(OP(c2ccccc2)C(C)C)C1. The third kappa shape index (κ3) is 4.54. The van der Waals surface area contributed by atoms with Gasteiger partial charge in [-0.25, -0.2) is 0 Å². The number of rotatable bonds is 5. The van der Waals surface area contributed by atoms with Crippen molar-refractivity contribution in [1.82, 2.24) is 0 Å². The monoisotopic (exact) mass is 306 g/mol. The summed E-state index contributed by atoms with van der Waals surface area (Å²) in [6.07, 6.45) is 4.39. The van der Waals surface area contributed by atoms with Crippen molar-refractivity contribution < 1.29 is 4.52 Å². The maximum absolute atomic E-state index is 6.75. The van der Waals surface area contributed by atoms with Crippen molar-refractivity contribution in [3.63, 3.8) is 0 Å². The maximum atomic E-state index is 6.75. The second kappa shape index (κ2) is 7.75. The van der Waals surface area contributed by atoms with Crippen LogP contribution in [0.5, 0.6) is 0 Å². The van der Waals surface area contributed by atoms with Crippen LogP contribution in [0.1, 0.15) is 53.9 Å². The van der Waals surface area contributed by atoms with E-state index in [4.69, 9.17) is 4.52 Å². The fourth-order valence-corrected chi connectivity index (χ4v) is 5.40. The van der Waals surface area contributed by atoms with E-state index in [2.05, 4.69) is 65.0 Å². The zero-order valence-corrected chi connectivity index (χ0v) is 15.1. The Kier molecular flexibility index (Phi) is 6.26. The van der Waals surface area contributed by atoms with Crippen molar-refractivity contribution in [2.45, 2.75) is 65.6 Å². The van der Waals surface area contributed by atoms with Gasteiger partial charge in [-0.2, -0.15) is 0 Å². The predicted molar refractivity (Wildman–Crippen MR) is 94.3 cm³/mol. The van der Waals surface area contributed by atoms with Crippen LogP contribution >= 0.6 is 8.15 Å². The van der Waals surface area contributed by atoms with Gasteiger partial charge >= 0.3 is 0 Å². The molecule has 0 amide bonds. The first-order valence-electron chi connectivity index (χ1n) is 8.50. The van der Waals surface area contributed by atoms with Crippen LogP contribution < -0.4 is 5.30 Å². The summed E-state index contributed by atoms with van der Waals surface area (Å²) in [5.41, 5.74) is 0.576. The lowest BCUT2D eigenvalue weighted by molar-refractivity contribution is 0.0557. The Bertz CT molecular complexity index is 415. The lowest BCUT2D eigenvalue weighted by Gasteiger charge is -2.39. The van der Waals surface area contributed by atoms with Crippen molar-refractivity contribution in [2.24, 2.45) is 17.8 Å². The molecule has 0 spiro atoms. The molecule has 2 rings (SSSR count). The Hall–Kier alpha value is -0.390. The molecule has 1 nitrogen and oxygen atoms in total. The highest BCUT2D eigenvalue weighted by molar-refractivity contribution is 7.61. The maximum Gasteiger partial charge on any atom is 0.0655 e. The van der Waals surface area contributed by atoms with Crippen LogP contribution in [0.2, 0.25) is 0 Å². The minimum absolute atomic E-state index is 0.447. The topological polar surface area (TPSA) is 9.23 Å². The van der Waals surface area contributed by atoms with Crippen molar-refractivity contribution in [2.75, 3.05) is 0 Å². The molecule has 1 aromatic rings. The molecule has 1 aromatic carbocycles. The Balaban J connectivity index is 2.14. The van der Waals surface area contributed by atoms with Crippen LogP contribution in [-0.2, 0) is 4.52 Å². The molecule has 4 atom stereocenters. The van der Waals surface area contributed by atoms with Gasteiger partial charge < -0.3 is 4.52 Å². The summed E-state index contributed by atoms with van der Waals surface area (Å²) in [7, 11) is -0.508. The molecule has 0 bridgehead atoms. The highest BCUT2D eigenvalue weighted by atomic mass is 31.1. The standard InChI is InChI=1S/C19H31OP/c1-14(2)18-12-11-16(5)13-19(18)20-21(15(3)4)17-9-7-6-8-10-17/h6-10,14-16,18-19H,11-13H2,1-5H3. The fraction of sp³-hybridized carbons (Fsp3) is 0.684. The molecular formula is C19H31OP. The molecule has 0 aliphatic heterocycles. The molecule has 2 heteroatoms. The van der Waals surface area contributed by atoms with Gasteiger partial charge in [-0.3, -0.25) is 0 Å². The molecule has 1 aliphatic carbocycles. The smallest absolute Gasteiger partial charge is 0.0655 e. The first kappa shape index (κ1) is 17.0. The molecule has 1 saturated carbocycles. The summed E-state index contributed by atoms with van der Waals surface area (Å²) >= 11 is 0. The van der Waals surface area contributed by atoms with Crippen LogP contribution in [0.15, 0.2) is 30.3 Å². The Labute approximate surface area is 132 Å². The van der Waals surface area contributed by atoms with Gasteiger partial charge in [-0.15, -0.1) is 0 Å². The molecule has 0 aromatic heterocycles. The Morgan fingerprint density at radius 2 is 1.71 bits per heavy atom. The molecule has 0 saturated heterocycles. The van der Waals surface area contributed by atoms with Crippen molar-refractivity contribution >= 4 is 13.5 Å². The van der Waals surface area contributed by atoms with Gasteiger partial charge in [0.1, 0.15) is 0 Å². The molecule has 1 aliphatic rings. The third-order valence-corrected chi connectivity index (χ3v) is 6.93. The van der Waals surface area contributed by atoms with Crippen LogP contribution in [0.25, 0.3) is 0 Å². The minimum Gasteiger partial charge on any atom is -0.351 e. The van der Waals surface area contributed by atoms with Gasteiger partial charge in [0.2, 0.25) is 0 Å². The van der Waals surface area contributed by atoms with Crippen LogP contribution in [0.3, 0.4) is 0 Å². The molecule has 1 fully saturated rings. The summed E-state index contributed by atoms with van der Waals surface area (Å²) in [5, 5.41) is 1.39. The van der Waals surface area contributed by atoms with E-state index in [1.807, 2.05) is 0 Å². The van der Waals surface area contributed by atoms with Crippen LogP contribution in [0.4, 0.5) is 0 Å². The molecule has 0 heterocycles. The molecule has 118 valence electrons. The van der Waals surface area contributed by atoms with E-state index in [-0.39, 0.29) is 0 Å². The summed E-state index contributed by atoms with van der Waals surface area (Å²) in [5.74, 6) is 2.26. The summed E-state index contributed by atoms with van der Waals surface area (Å²) in [6.45, 7) is 11.7. The highest BCUT2D eigenvalue weighted by Gasteiger charge is 2.34. The van der Waals surface area contributed by atoms with Gasteiger partial charge in [0.15, 0.2) is 0 Å². The van der Waals surface area contributed by atoms with Crippen LogP contribution in [0, 0.1) is 17.8 Å². The van der Waals surface area contributed by atoms with Crippen LogP contribution in [-0.4, -0.2) is 11.8 Å². The fourth-order valence-electron chi connectivity index (χ4n) is 3.44. The first-order valence-corrected chi connectivity index (χ1v) is 9.83. The lowest BCUT2D eigenvalue weighted by atomic mass is 9.75. The molecule has 0 N–H and O–H groups in total. The zero-order chi connectivity index (χ0) is 15.4. The number of benzene rings is 1. The zero-order valence-electron chi connectivity index (χ0n) is 14.3. The number of hydrogen-bond acceptors (Lipinski definition) is 1. The normalized spacial score (nSPS) is 28.0. The lowest BCUT2D eigenvalue weighted by Crippen LogP contribution is -2.34. The van der Waals surface area contributed by atoms with E-state index in [1.165, 1.54) is 24.6 Å². The van der Waals surface area contributed by atoms with E-state index in [1.54, 1.807) is 0 Å². The third-order valence-electron chi connectivity index (χ3n) is 4.69. The Morgan fingerprint density at radius 1 is 1.05 bits per heavy atom. The van der Waals surface area contributed by atoms with Gasteiger partial charge in [-0.05, 0) is 30.6 Å². The van der Waals surface area contributed by atoms with Crippen molar-refractivity contribution in [3.05, 3.63) is 30.3 Å². The van der Waals surface area contributed by atoms with Gasteiger partial charge in [0.05, 0.1) is 14.3 Å². The summed E-state index contributed by atoms with van der Waals surface area (Å²) < 4.78 is 6.75. The second-order valence-corrected chi connectivity index (χ2v) is 9.64. The average Bonchev–Trinajstić information content (AvgIpc) is 2.45. The summed E-state index contributed by atoms with van der Waals surface area (Å²) in [4.78, 5) is 0. The first-order chi connectivity index (χ1) is 9.99. The quantitative estimate of drug-likeness (QED) is 0.644. The van der Waals surface area contributed by atoms with E-state index >= 15 is 0 Å². The van der Waals surface area contributed by atoms with Crippen molar-refractivity contribution in [1.29, 1.82) is 0 Å². The largest absolute Gasteiger partial charge is 0.351 e. The van der Waals surface area contributed by atoms with Gasteiger partial charge in [-0.1, -0.05) is 71.4 Å². The van der Waals surface area contributed by atoms with E-state index in [0.717, 1.165) is 17.8 Å². The van der Waals surface area contributed by atoms with E-state index < -0.39 is 8.15 Å². The highest BCUT2D eigenvalue weighted by Crippen LogP contribution is 2.47. The molecule has 0 radical (unpaired) electrons. The minimum atomic E-state index is -0.508. The van der Waals surface area contributed by atoms with Gasteiger partial charge in [0, 0.05) is 11.0 Å². The predicted octanol–water partition coefficient (Wildman–Crippen LogP) is 5.59. The molecule has 21 heavy (non-hydrogen) atoms. The van der Waals surface area contributed by atoms with E-state index in [0.29, 0.717) is 11.8 Å². The summed E-state index contributed by atoms with van der Waals surface area (Å²) in [6, 6.07) is 10.8. The second-order valence-electron chi connectivity index (χ2n) is 7.23. The molecular weight excluding hydrogens is 275 g/mol. The van der Waals surface area contributed by atoms with Crippen molar-refractivity contribution in [3.8, 4) is 0 Å². The van der Waals surface area contributed by atoms with Gasteiger partial charge in [0.25, 0.3) is 0 Å². The average molecular weight is 306 g/mol. The Morgan fingerprint density at radius 3 is 2.29 bits per heavy atom. The number of hydrogen-bond donors (Lipinski definition) is 0.